The molecule has 1 saturated carbocycles. The summed E-state index contributed by atoms with van der Waals surface area (Å²) in [6.45, 7) is 2.03. The van der Waals surface area contributed by atoms with Gasteiger partial charge < -0.3 is 16.0 Å². The van der Waals surface area contributed by atoms with Gasteiger partial charge in [-0.15, -0.1) is 12.4 Å². The summed E-state index contributed by atoms with van der Waals surface area (Å²) in [7, 11) is 0. The summed E-state index contributed by atoms with van der Waals surface area (Å²) < 4.78 is 0. The molecular formula is C15H20ClN3O. The fourth-order valence-electron chi connectivity index (χ4n) is 2.85. The quantitative estimate of drug-likeness (QED) is 0.796. The van der Waals surface area contributed by atoms with E-state index < -0.39 is 0 Å². The van der Waals surface area contributed by atoms with Crippen LogP contribution in [0.1, 0.15) is 25.0 Å². The predicted molar refractivity (Wildman–Crippen MR) is 84.2 cm³/mol. The van der Waals surface area contributed by atoms with Crippen LogP contribution in [0.2, 0.25) is 0 Å². The van der Waals surface area contributed by atoms with Gasteiger partial charge in [0.2, 0.25) is 5.91 Å². The fraction of sp³-hybridized carbons (Fsp3) is 0.400. The summed E-state index contributed by atoms with van der Waals surface area (Å²) in [5, 5.41) is 4.12. The van der Waals surface area contributed by atoms with E-state index in [1.807, 2.05) is 25.1 Å². The Morgan fingerprint density at radius 3 is 2.85 bits per heavy atom. The van der Waals surface area contributed by atoms with E-state index in [1.165, 1.54) is 0 Å². The maximum atomic E-state index is 12.1. The van der Waals surface area contributed by atoms with Gasteiger partial charge in [-0.1, -0.05) is 0 Å². The van der Waals surface area contributed by atoms with Crippen molar-refractivity contribution in [1.29, 1.82) is 0 Å². The van der Waals surface area contributed by atoms with E-state index in [0.717, 1.165) is 41.5 Å². The summed E-state index contributed by atoms with van der Waals surface area (Å²) in [6, 6.07) is 8.21. The second-order valence-corrected chi connectivity index (χ2v) is 5.51. The molecule has 1 aliphatic rings. The molecule has 1 heterocycles. The number of nitrogens with one attached hydrogen (secondary N) is 2. The SMILES string of the molecule is Cc1cc2cc(NC(=O)C3CCC(N)C3)ccc2[nH]1.Cl. The Balaban J connectivity index is 0.00000147. The molecule has 0 saturated heterocycles. The highest BCUT2D eigenvalue weighted by molar-refractivity contribution is 5.95. The molecule has 2 unspecified atom stereocenters. The Morgan fingerprint density at radius 2 is 2.15 bits per heavy atom. The molecule has 5 heteroatoms. The largest absolute Gasteiger partial charge is 0.359 e. The Kier molecular flexibility index (Phi) is 4.35. The maximum absolute atomic E-state index is 12.1. The van der Waals surface area contributed by atoms with Gasteiger partial charge in [0, 0.05) is 34.2 Å². The molecule has 1 aromatic carbocycles. The molecule has 0 spiro atoms. The summed E-state index contributed by atoms with van der Waals surface area (Å²) in [5.74, 6) is 0.165. The lowest BCUT2D eigenvalue weighted by Crippen LogP contribution is -2.23. The zero-order chi connectivity index (χ0) is 13.4. The Bertz CT molecular complexity index is 623. The molecule has 1 amide bonds. The highest BCUT2D eigenvalue weighted by Gasteiger charge is 2.27. The molecule has 0 bridgehead atoms. The topological polar surface area (TPSA) is 70.9 Å². The lowest BCUT2D eigenvalue weighted by Gasteiger charge is -2.10. The number of aromatic amines is 1. The number of aryl methyl sites for hydroxylation is 1. The van der Waals surface area contributed by atoms with Gasteiger partial charge in [0.1, 0.15) is 0 Å². The molecular weight excluding hydrogens is 274 g/mol. The highest BCUT2D eigenvalue weighted by atomic mass is 35.5. The first-order valence-electron chi connectivity index (χ1n) is 6.77. The van der Waals surface area contributed by atoms with Crippen molar-refractivity contribution in [3.05, 3.63) is 30.0 Å². The fourth-order valence-corrected chi connectivity index (χ4v) is 2.85. The van der Waals surface area contributed by atoms with Crippen LogP contribution >= 0.6 is 12.4 Å². The average Bonchev–Trinajstić information content (AvgIpc) is 2.93. The number of carbonyl (C=O) groups excluding carboxylic acids is 1. The third-order valence-electron chi connectivity index (χ3n) is 3.87. The van der Waals surface area contributed by atoms with Crippen LogP contribution in [0.4, 0.5) is 5.69 Å². The van der Waals surface area contributed by atoms with Gasteiger partial charge in [-0.25, -0.2) is 0 Å². The van der Waals surface area contributed by atoms with Gasteiger partial charge in [-0.2, -0.15) is 0 Å². The Hall–Kier alpha value is -1.52. The molecule has 4 N–H and O–H groups in total. The number of anilines is 1. The number of nitrogens with two attached hydrogens (primary N) is 1. The van der Waals surface area contributed by atoms with Crippen molar-refractivity contribution < 1.29 is 4.79 Å². The smallest absolute Gasteiger partial charge is 0.227 e. The lowest BCUT2D eigenvalue weighted by molar-refractivity contribution is -0.119. The lowest BCUT2D eigenvalue weighted by atomic mass is 10.1. The monoisotopic (exact) mass is 293 g/mol. The first kappa shape index (κ1) is 14.9. The summed E-state index contributed by atoms with van der Waals surface area (Å²) in [4.78, 5) is 15.4. The molecule has 3 rings (SSSR count). The van der Waals surface area contributed by atoms with Gasteiger partial charge in [0.15, 0.2) is 0 Å². The first-order chi connectivity index (χ1) is 9.11. The number of rotatable bonds is 2. The van der Waals surface area contributed by atoms with Crippen LogP contribution in [0.5, 0.6) is 0 Å². The zero-order valence-electron chi connectivity index (χ0n) is 11.5. The van der Waals surface area contributed by atoms with Gasteiger partial charge >= 0.3 is 0 Å². The van der Waals surface area contributed by atoms with Crippen molar-refractivity contribution in [1.82, 2.24) is 4.98 Å². The number of amides is 1. The molecule has 1 aliphatic carbocycles. The zero-order valence-corrected chi connectivity index (χ0v) is 12.3. The Morgan fingerprint density at radius 1 is 1.35 bits per heavy atom. The highest BCUT2D eigenvalue weighted by Crippen LogP contribution is 2.26. The predicted octanol–water partition coefficient (Wildman–Crippen LogP) is 2.96. The van der Waals surface area contributed by atoms with Gasteiger partial charge in [-0.3, -0.25) is 4.79 Å². The summed E-state index contributed by atoms with van der Waals surface area (Å²) in [5.41, 5.74) is 8.93. The van der Waals surface area contributed by atoms with Crippen molar-refractivity contribution in [3.8, 4) is 0 Å². The second kappa shape index (κ2) is 5.85. The number of carbonyl (C=O) groups is 1. The number of hydrogen-bond acceptors (Lipinski definition) is 2. The minimum atomic E-state index is 0. The summed E-state index contributed by atoms with van der Waals surface area (Å²) in [6.07, 6.45) is 2.66. The number of fused-ring (bicyclic) bond motifs is 1. The van der Waals surface area contributed by atoms with E-state index >= 15 is 0 Å². The number of aromatic nitrogens is 1. The van der Waals surface area contributed by atoms with Crippen molar-refractivity contribution in [2.24, 2.45) is 11.7 Å². The first-order valence-corrected chi connectivity index (χ1v) is 6.77. The number of H-pyrrole nitrogens is 1. The van der Waals surface area contributed by atoms with Crippen molar-refractivity contribution in [2.75, 3.05) is 5.32 Å². The van der Waals surface area contributed by atoms with Crippen LogP contribution in [0.3, 0.4) is 0 Å². The van der Waals surface area contributed by atoms with Crippen LogP contribution in [-0.2, 0) is 4.79 Å². The van der Waals surface area contributed by atoms with Crippen LogP contribution < -0.4 is 11.1 Å². The molecule has 1 fully saturated rings. The van der Waals surface area contributed by atoms with Crippen LogP contribution in [0.15, 0.2) is 24.3 Å². The standard InChI is InChI=1S/C15H19N3O.ClH/c1-9-6-11-8-13(4-5-14(11)17-9)18-15(19)10-2-3-12(16)7-10;/h4-6,8,10,12,17H,2-3,7,16H2,1H3,(H,18,19);1H. The molecule has 20 heavy (non-hydrogen) atoms. The molecule has 2 atom stereocenters. The van der Waals surface area contributed by atoms with E-state index in [-0.39, 0.29) is 30.3 Å². The van der Waals surface area contributed by atoms with Crippen LogP contribution in [-0.4, -0.2) is 16.9 Å². The summed E-state index contributed by atoms with van der Waals surface area (Å²) >= 11 is 0. The van der Waals surface area contributed by atoms with Crippen molar-refractivity contribution in [3.63, 3.8) is 0 Å². The third-order valence-corrected chi connectivity index (χ3v) is 3.87. The van der Waals surface area contributed by atoms with E-state index in [0.29, 0.717) is 0 Å². The van der Waals surface area contributed by atoms with Crippen molar-refractivity contribution in [2.45, 2.75) is 32.2 Å². The van der Waals surface area contributed by atoms with Crippen LogP contribution in [0, 0.1) is 12.8 Å². The van der Waals surface area contributed by atoms with Gasteiger partial charge in [0.05, 0.1) is 0 Å². The molecule has 108 valence electrons. The van der Waals surface area contributed by atoms with Gasteiger partial charge in [-0.05, 0) is 50.5 Å². The molecule has 0 radical (unpaired) electrons. The number of benzene rings is 1. The van der Waals surface area contributed by atoms with E-state index in [4.69, 9.17) is 5.73 Å². The van der Waals surface area contributed by atoms with Crippen molar-refractivity contribution >= 4 is 34.9 Å². The third kappa shape index (κ3) is 2.97. The Labute approximate surface area is 124 Å². The molecule has 1 aromatic heterocycles. The average molecular weight is 294 g/mol. The molecule has 2 aromatic rings. The van der Waals surface area contributed by atoms with Crippen LogP contribution in [0.25, 0.3) is 10.9 Å². The van der Waals surface area contributed by atoms with E-state index in [2.05, 4.69) is 16.4 Å². The molecule has 0 aliphatic heterocycles. The minimum absolute atomic E-state index is 0. The minimum Gasteiger partial charge on any atom is -0.359 e. The van der Waals surface area contributed by atoms with E-state index in [9.17, 15) is 4.79 Å². The molecule has 4 nitrogen and oxygen atoms in total. The second-order valence-electron chi connectivity index (χ2n) is 5.51. The normalized spacial score (nSPS) is 21.7. The van der Waals surface area contributed by atoms with Gasteiger partial charge in [0.25, 0.3) is 0 Å². The van der Waals surface area contributed by atoms with E-state index in [1.54, 1.807) is 0 Å². The number of halogens is 1. The maximum Gasteiger partial charge on any atom is 0.227 e. The number of hydrogen-bond donors (Lipinski definition) is 3.